The van der Waals surface area contributed by atoms with Gasteiger partial charge >= 0.3 is 0 Å². The monoisotopic (exact) mass is 330 g/mol. The summed E-state index contributed by atoms with van der Waals surface area (Å²) in [4.78, 5) is 9.65. The minimum absolute atomic E-state index is 0.147. The molecule has 124 valence electrons. The highest BCUT2D eigenvalue weighted by Gasteiger charge is 2.42. The molecule has 6 rings (SSSR count). The van der Waals surface area contributed by atoms with Gasteiger partial charge in [0.2, 0.25) is 0 Å². The normalized spacial score (nSPS) is 30.6. The molecule has 4 heteroatoms. The van der Waals surface area contributed by atoms with Crippen molar-refractivity contribution in [2.75, 3.05) is 0 Å². The molecule has 4 aliphatic rings. The Labute approximate surface area is 146 Å². The summed E-state index contributed by atoms with van der Waals surface area (Å²) in [6.45, 7) is 0. The van der Waals surface area contributed by atoms with Gasteiger partial charge in [-0.2, -0.15) is 0 Å². The Morgan fingerprint density at radius 1 is 0.720 bits per heavy atom. The summed E-state index contributed by atoms with van der Waals surface area (Å²) in [5.74, 6) is 1.55. The van der Waals surface area contributed by atoms with Gasteiger partial charge in [-0.3, -0.25) is 0 Å². The molecule has 2 unspecified atom stereocenters. The van der Waals surface area contributed by atoms with Crippen LogP contribution < -0.4 is 0 Å². The zero-order chi connectivity index (χ0) is 16.4. The second-order valence-electron chi connectivity index (χ2n) is 7.23. The highest BCUT2D eigenvalue weighted by atomic mass is 16.5. The maximum atomic E-state index is 6.11. The zero-order valence-electron chi connectivity index (χ0n) is 13.8. The molecule has 4 atom stereocenters. The molecule has 4 nitrogen and oxygen atoms in total. The third-order valence-corrected chi connectivity index (χ3v) is 5.74. The molecule has 0 saturated carbocycles. The van der Waals surface area contributed by atoms with E-state index in [9.17, 15) is 0 Å². The Morgan fingerprint density at radius 3 is 1.72 bits per heavy atom. The van der Waals surface area contributed by atoms with Crippen molar-refractivity contribution in [2.45, 2.75) is 43.6 Å². The van der Waals surface area contributed by atoms with E-state index in [4.69, 9.17) is 19.5 Å². The van der Waals surface area contributed by atoms with Crippen LogP contribution in [-0.4, -0.2) is 24.0 Å². The fraction of sp³-hybridized carbons (Fsp3) is 0.333. The molecule has 2 aliphatic carbocycles. The summed E-state index contributed by atoms with van der Waals surface area (Å²) in [6.07, 6.45) is 2.76. The summed E-state index contributed by atoms with van der Waals surface area (Å²) in [5, 5.41) is 0. The minimum atomic E-state index is 0.147. The number of fused-ring (bicyclic) bond motifs is 6. The number of nitrogens with zero attached hydrogens (tertiary/aromatic N) is 2. The average molecular weight is 330 g/mol. The van der Waals surface area contributed by atoms with Gasteiger partial charge in [-0.1, -0.05) is 48.5 Å². The van der Waals surface area contributed by atoms with Crippen molar-refractivity contribution in [3.05, 3.63) is 70.8 Å². The molecule has 0 spiro atoms. The van der Waals surface area contributed by atoms with E-state index < -0.39 is 0 Å². The first-order valence-electron chi connectivity index (χ1n) is 8.97. The number of benzene rings is 2. The van der Waals surface area contributed by atoms with Crippen molar-refractivity contribution in [1.82, 2.24) is 0 Å². The average Bonchev–Trinajstić information content (AvgIpc) is 3.33. The number of rotatable bonds is 2. The molecule has 0 bridgehead atoms. The van der Waals surface area contributed by atoms with Gasteiger partial charge < -0.3 is 9.47 Å². The maximum absolute atomic E-state index is 6.11. The standard InChI is InChI=1S/C21H18N2O2/c1-3-7-14-12(5-1)9-16-20(14)22-18(24-16)11-19-23-21-15-8-4-2-6-13(15)10-17(21)25-19/h1-8,16-17,20-21H,9-11H2/t16-,17-,20?,21?/m1/s1. The van der Waals surface area contributed by atoms with Crippen LogP contribution in [0.15, 0.2) is 58.5 Å². The first kappa shape index (κ1) is 13.6. The Kier molecular flexibility index (Phi) is 2.70. The van der Waals surface area contributed by atoms with E-state index in [0.29, 0.717) is 6.42 Å². The van der Waals surface area contributed by atoms with Gasteiger partial charge in [-0.05, 0) is 22.3 Å². The molecule has 2 aromatic rings. The molecule has 2 heterocycles. The van der Waals surface area contributed by atoms with Crippen molar-refractivity contribution in [1.29, 1.82) is 0 Å². The van der Waals surface area contributed by atoms with E-state index in [2.05, 4.69) is 48.5 Å². The SMILES string of the molecule is c1ccc2c(c1)C[C@H]1OC(CC3=NC4c5ccccc5C[C@H]4O3)=NC21. The lowest BCUT2D eigenvalue weighted by Gasteiger charge is -2.10. The number of hydrogen-bond acceptors (Lipinski definition) is 4. The maximum Gasteiger partial charge on any atom is 0.193 e. The van der Waals surface area contributed by atoms with E-state index in [1.165, 1.54) is 22.3 Å². The predicted octanol–water partition coefficient (Wildman–Crippen LogP) is 3.57. The van der Waals surface area contributed by atoms with Crippen LogP contribution >= 0.6 is 0 Å². The predicted molar refractivity (Wildman–Crippen MR) is 95.0 cm³/mol. The van der Waals surface area contributed by atoms with Gasteiger partial charge in [0.25, 0.3) is 0 Å². The zero-order valence-corrected chi connectivity index (χ0v) is 13.8. The van der Waals surface area contributed by atoms with E-state index in [1.54, 1.807) is 0 Å². The number of aliphatic imine (C=N–C) groups is 2. The lowest BCUT2D eigenvalue weighted by molar-refractivity contribution is 0.192. The van der Waals surface area contributed by atoms with Crippen molar-refractivity contribution in [3.8, 4) is 0 Å². The second-order valence-corrected chi connectivity index (χ2v) is 7.23. The highest BCUT2D eigenvalue weighted by molar-refractivity contribution is 5.98. The molecule has 0 fully saturated rings. The van der Waals surface area contributed by atoms with Crippen LogP contribution in [0.1, 0.15) is 40.8 Å². The summed E-state index contributed by atoms with van der Waals surface area (Å²) in [5.41, 5.74) is 5.34. The summed E-state index contributed by atoms with van der Waals surface area (Å²) in [7, 11) is 0. The molecule has 2 aromatic carbocycles. The van der Waals surface area contributed by atoms with Gasteiger partial charge in [0.05, 0.1) is 6.42 Å². The van der Waals surface area contributed by atoms with E-state index in [1.807, 2.05) is 0 Å². The summed E-state index contributed by atoms with van der Waals surface area (Å²) >= 11 is 0. The largest absolute Gasteiger partial charge is 0.474 e. The van der Waals surface area contributed by atoms with Gasteiger partial charge in [-0.25, -0.2) is 9.98 Å². The third kappa shape index (κ3) is 2.00. The molecule has 0 radical (unpaired) electrons. The summed E-state index contributed by atoms with van der Waals surface area (Å²) in [6, 6.07) is 17.3. The van der Waals surface area contributed by atoms with Crippen LogP contribution in [-0.2, 0) is 22.3 Å². The minimum Gasteiger partial charge on any atom is -0.474 e. The van der Waals surface area contributed by atoms with Gasteiger partial charge in [0, 0.05) is 12.8 Å². The molecule has 0 amide bonds. The molecule has 0 saturated heterocycles. The van der Waals surface area contributed by atoms with E-state index >= 15 is 0 Å². The van der Waals surface area contributed by atoms with Crippen LogP contribution in [0.25, 0.3) is 0 Å². The highest BCUT2D eigenvalue weighted by Crippen LogP contribution is 2.42. The molecule has 0 N–H and O–H groups in total. The van der Waals surface area contributed by atoms with Crippen LogP contribution in [0.3, 0.4) is 0 Å². The third-order valence-electron chi connectivity index (χ3n) is 5.74. The van der Waals surface area contributed by atoms with Crippen molar-refractivity contribution in [3.63, 3.8) is 0 Å². The number of ether oxygens (including phenoxy) is 2. The smallest absolute Gasteiger partial charge is 0.193 e. The summed E-state index contributed by atoms with van der Waals surface area (Å²) < 4.78 is 12.2. The van der Waals surface area contributed by atoms with E-state index in [-0.39, 0.29) is 24.3 Å². The Balaban J connectivity index is 1.23. The Hall–Kier alpha value is -2.62. The first-order chi connectivity index (χ1) is 12.3. The number of hydrogen-bond donors (Lipinski definition) is 0. The Morgan fingerprint density at radius 2 is 1.20 bits per heavy atom. The quantitative estimate of drug-likeness (QED) is 0.845. The van der Waals surface area contributed by atoms with Crippen LogP contribution in [0.2, 0.25) is 0 Å². The lowest BCUT2D eigenvalue weighted by Crippen LogP contribution is -2.17. The van der Waals surface area contributed by atoms with Crippen LogP contribution in [0.4, 0.5) is 0 Å². The molecular formula is C21H18N2O2. The first-order valence-corrected chi connectivity index (χ1v) is 8.97. The van der Waals surface area contributed by atoms with Crippen molar-refractivity contribution >= 4 is 11.8 Å². The van der Waals surface area contributed by atoms with Gasteiger partial charge in [0.15, 0.2) is 11.8 Å². The topological polar surface area (TPSA) is 43.2 Å². The molecule has 25 heavy (non-hydrogen) atoms. The van der Waals surface area contributed by atoms with Gasteiger partial charge in [-0.15, -0.1) is 0 Å². The van der Waals surface area contributed by atoms with Crippen molar-refractivity contribution in [2.24, 2.45) is 9.98 Å². The fourth-order valence-corrected chi connectivity index (χ4v) is 4.62. The van der Waals surface area contributed by atoms with Crippen molar-refractivity contribution < 1.29 is 9.47 Å². The molecular weight excluding hydrogens is 312 g/mol. The van der Waals surface area contributed by atoms with E-state index in [0.717, 1.165) is 24.6 Å². The fourth-order valence-electron chi connectivity index (χ4n) is 4.62. The van der Waals surface area contributed by atoms with Gasteiger partial charge in [0.1, 0.15) is 24.3 Å². The second kappa shape index (κ2) is 4.94. The van der Waals surface area contributed by atoms with Crippen LogP contribution in [0, 0.1) is 0 Å². The Bertz CT molecular complexity index is 857. The molecule has 0 aromatic heterocycles. The van der Waals surface area contributed by atoms with Crippen LogP contribution in [0.5, 0.6) is 0 Å². The lowest BCUT2D eigenvalue weighted by atomic mass is 10.1. The molecule has 2 aliphatic heterocycles.